The van der Waals surface area contributed by atoms with Gasteiger partial charge in [0.25, 0.3) is 0 Å². The molecule has 0 spiro atoms. The first-order valence-electron chi connectivity index (χ1n) is 15.0. The van der Waals surface area contributed by atoms with Crippen LogP contribution in [0.2, 0.25) is 0 Å². The molecule has 0 saturated heterocycles. The zero-order valence-electron chi connectivity index (χ0n) is 25.1. The molecular weight excluding hydrogens is 585 g/mol. The molecule has 6 heteroatoms. The van der Waals surface area contributed by atoms with Crippen molar-refractivity contribution in [3.05, 3.63) is 204 Å². The Labute approximate surface area is 272 Å². The summed E-state index contributed by atoms with van der Waals surface area (Å²) in [5, 5.41) is 21.3. The summed E-state index contributed by atoms with van der Waals surface area (Å²) in [4.78, 5) is 1.87. The van der Waals surface area contributed by atoms with Crippen molar-refractivity contribution in [3.63, 3.8) is 0 Å². The van der Waals surface area contributed by atoms with Crippen LogP contribution < -0.4 is 0 Å². The number of benzene rings is 6. The highest BCUT2D eigenvalue weighted by Gasteiger charge is 2.38. The van der Waals surface area contributed by atoms with Crippen molar-refractivity contribution in [2.45, 2.75) is 15.5 Å². The first-order chi connectivity index (χ1) is 22.7. The van der Waals surface area contributed by atoms with E-state index in [4.69, 9.17) is 8.75 Å². The fraction of sp³-hybridized carbons (Fsp3) is 0.0250. The van der Waals surface area contributed by atoms with Crippen LogP contribution in [0.3, 0.4) is 0 Å². The lowest BCUT2D eigenvalue weighted by Gasteiger charge is -2.41. The van der Waals surface area contributed by atoms with Gasteiger partial charge in [0.05, 0.1) is 11.6 Å². The maximum absolute atomic E-state index is 11.9. The van der Waals surface area contributed by atoms with Gasteiger partial charge in [-0.3, -0.25) is 0 Å². The van der Waals surface area contributed by atoms with Gasteiger partial charge in [0.15, 0.2) is 0 Å². The first-order valence-corrected chi connectivity index (χ1v) is 16.7. The summed E-state index contributed by atoms with van der Waals surface area (Å²) >= 11 is 0. The standard InChI is InChI=1S/C40H32BNO3S/c42-30-32-26-28-33(29-27-32)31-46(37-22-12-4-13-23-37,38-24-14-5-15-25-38)45-41(43)44-40(36-20-10-3-11-21-36)39(34-16-6-1-7-17-34)35-18-8-2-9-19-35/h1-29,43H,31H2. The molecule has 0 aliphatic carbocycles. The van der Waals surface area contributed by atoms with Crippen molar-refractivity contribution in [2.24, 2.45) is 0 Å². The van der Waals surface area contributed by atoms with Crippen LogP contribution in [0, 0.1) is 11.3 Å². The number of rotatable bonds is 11. The topological polar surface area (TPSA) is 62.5 Å². The van der Waals surface area contributed by atoms with Gasteiger partial charge in [0.2, 0.25) is 0 Å². The van der Waals surface area contributed by atoms with Crippen LogP contribution in [-0.4, -0.2) is 12.3 Å². The lowest BCUT2D eigenvalue weighted by molar-refractivity contribution is 0.293. The van der Waals surface area contributed by atoms with E-state index in [2.05, 4.69) is 6.07 Å². The Morgan fingerprint density at radius 2 is 0.978 bits per heavy atom. The molecule has 6 rings (SSSR count). The Hall–Kier alpha value is -5.32. The molecule has 0 fully saturated rings. The van der Waals surface area contributed by atoms with E-state index in [0.29, 0.717) is 17.1 Å². The Morgan fingerprint density at radius 1 is 0.565 bits per heavy atom. The van der Waals surface area contributed by atoms with Crippen molar-refractivity contribution >= 4 is 29.0 Å². The van der Waals surface area contributed by atoms with E-state index in [-0.39, 0.29) is 0 Å². The summed E-state index contributed by atoms with van der Waals surface area (Å²) in [6, 6.07) is 59.6. The molecule has 0 bridgehead atoms. The van der Waals surface area contributed by atoms with Gasteiger partial charge in [-0.15, -0.1) is 0 Å². The van der Waals surface area contributed by atoms with E-state index in [1.165, 1.54) is 0 Å². The molecule has 0 atom stereocenters. The summed E-state index contributed by atoms with van der Waals surface area (Å²) in [6.45, 7) is 0. The minimum absolute atomic E-state index is 0.460. The van der Waals surface area contributed by atoms with Crippen molar-refractivity contribution in [1.29, 1.82) is 5.26 Å². The summed E-state index contributed by atoms with van der Waals surface area (Å²) < 4.78 is 13.4. The lowest BCUT2D eigenvalue weighted by atomic mass is 9.93. The molecule has 0 aliphatic rings. The van der Waals surface area contributed by atoms with Gasteiger partial charge >= 0.3 is 7.32 Å². The van der Waals surface area contributed by atoms with Gasteiger partial charge in [0, 0.05) is 26.7 Å². The third-order valence-corrected chi connectivity index (χ3v) is 10.9. The quantitative estimate of drug-likeness (QED) is 0.0894. The van der Waals surface area contributed by atoms with Crippen molar-refractivity contribution in [1.82, 2.24) is 0 Å². The third kappa shape index (κ3) is 6.99. The van der Waals surface area contributed by atoms with Gasteiger partial charge in [-0.2, -0.15) is 5.26 Å². The maximum Gasteiger partial charge on any atom is 0.721 e. The zero-order chi connectivity index (χ0) is 31.6. The summed E-state index contributed by atoms with van der Waals surface area (Å²) in [6.07, 6.45) is 0. The predicted octanol–water partition coefficient (Wildman–Crippen LogP) is 9.52. The fourth-order valence-electron chi connectivity index (χ4n) is 5.40. The van der Waals surface area contributed by atoms with E-state index < -0.39 is 17.6 Å². The zero-order valence-corrected chi connectivity index (χ0v) is 26.0. The molecule has 224 valence electrons. The summed E-state index contributed by atoms with van der Waals surface area (Å²) in [5.74, 6) is 0.959. The highest BCUT2D eigenvalue weighted by atomic mass is 32.3. The van der Waals surface area contributed by atoms with E-state index in [1.54, 1.807) is 0 Å². The van der Waals surface area contributed by atoms with Crippen molar-refractivity contribution in [3.8, 4) is 6.07 Å². The smallest absolute Gasteiger partial charge is 0.510 e. The van der Waals surface area contributed by atoms with Crippen LogP contribution in [0.15, 0.2) is 186 Å². The molecular formula is C40H32BNO3S. The number of nitriles is 1. The van der Waals surface area contributed by atoms with Crippen LogP contribution in [-0.2, 0) is 14.5 Å². The number of hydrogen-bond acceptors (Lipinski definition) is 4. The minimum atomic E-state index is -2.39. The molecule has 46 heavy (non-hydrogen) atoms. The molecule has 0 amide bonds. The third-order valence-electron chi connectivity index (χ3n) is 7.55. The van der Waals surface area contributed by atoms with Crippen molar-refractivity contribution < 1.29 is 13.8 Å². The molecule has 0 unspecified atom stereocenters. The number of nitrogens with zero attached hydrogens (tertiary/aromatic N) is 1. The van der Waals surface area contributed by atoms with Gasteiger partial charge in [-0.05, 0) is 53.1 Å². The Morgan fingerprint density at radius 3 is 1.41 bits per heavy atom. The minimum Gasteiger partial charge on any atom is -0.510 e. The second-order valence-electron chi connectivity index (χ2n) is 10.6. The molecule has 6 aromatic rings. The van der Waals surface area contributed by atoms with Gasteiger partial charge in [-0.1, -0.05) is 150 Å². The van der Waals surface area contributed by atoms with Crippen LogP contribution >= 0.6 is 10.3 Å². The summed E-state index contributed by atoms with van der Waals surface area (Å²) in [5.41, 5.74) is 5.09. The van der Waals surface area contributed by atoms with Gasteiger partial charge in [-0.25, -0.2) is 0 Å². The molecule has 1 N–H and O–H groups in total. The van der Waals surface area contributed by atoms with Gasteiger partial charge in [0.1, 0.15) is 5.76 Å². The highest BCUT2D eigenvalue weighted by molar-refractivity contribution is 8.29. The van der Waals surface area contributed by atoms with Gasteiger partial charge < -0.3 is 13.8 Å². The fourth-order valence-corrected chi connectivity index (χ4v) is 8.47. The van der Waals surface area contributed by atoms with Crippen LogP contribution in [0.25, 0.3) is 11.3 Å². The first kappa shape index (κ1) is 30.7. The predicted molar refractivity (Wildman–Crippen MR) is 187 cm³/mol. The van der Waals surface area contributed by atoms with Crippen LogP contribution in [0.1, 0.15) is 27.8 Å². The summed E-state index contributed by atoms with van der Waals surface area (Å²) in [7, 11) is -4.02. The maximum atomic E-state index is 11.9. The molecule has 0 radical (unpaired) electrons. The highest BCUT2D eigenvalue weighted by Crippen LogP contribution is 2.65. The molecule has 4 nitrogen and oxygen atoms in total. The Kier molecular flexibility index (Phi) is 9.77. The van der Waals surface area contributed by atoms with E-state index in [9.17, 15) is 10.3 Å². The largest absolute Gasteiger partial charge is 0.721 e. The van der Waals surface area contributed by atoms with Crippen molar-refractivity contribution in [2.75, 3.05) is 0 Å². The average Bonchev–Trinajstić information content (AvgIpc) is 3.13. The van der Waals surface area contributed by atoms with Crippen LogP contribution in [0.4, 0.5) is 0 Å². The average molecular weight is 618 g/mol. The van der Waals surface area contributed by atoms with Crippen LogP contribution in [0.5, 0.6) is 0 Å². The monoisotopic (exact) mass is 617 g/mol. The second-order valence-corrected chi connectivity index (χ2v) is 13.4. The molecule has 0 heterocycles. The molecule has 6 aromatic carbocycles. The normalized spacial score (nSPS) is 11.2. The van der Waals surface area contributed by atoms with E-state index in [1.807, 2.05) is 176 Å². The van der Waals surface area contributed by atoms with E-state index in [0.717, 1.165) is 37.6 Å². The SMILES string of the molecule is N#Cc1ccc(CS(OB(O)OC(=C(c2ccccc2)c2ccccc2)c2ccccc2)(c2ccccc2)c2ccccc2)cc1. The van der Waals surface area contributed by atoms with E-state index >= 15 is 0 Å². The number of hydrogen-bond donors (Lipinski definition) is 1. The second kappa shape index (κ2) is 14.6. The lowest BCUT2D eigenvalue weighted by Crippen LogP contribution is -2.26. The Balaban J connectivity index is 1.50. The molecule has 0 aliphatic heterocycles. The molecule has 0 aromatic heterocycles. The molecule has 0 saturated carbocycles. The Bertz CT molecular complexity index is 1830.